The third-order valence-electron chi connectivity index (χ3n) is 2.95. The van der Waals surface area contributed by atoms with E-state index in [9.17, 15) is 4.79 Å². The first-order valence-corrected chi connectivity index (χ1v) is 7.18. The lowest BCUT2D eigenvalue weighted by Crippen LogP contribution is -2.20. The van der Waals surface area contributed by atoms with Crippen LogP contribution in [0.15, 0.2) is 34.5 Å². The van der Waals surface area contributed by atoms with Crippen LogP contribution in [0.5, 0.6) is 0 Å². The van der Waals surface area contributed by atoms with Crippen molar-refractivity contribution in [2.24, 2.45) is 0 Å². The van der Waals surface area contributed by atoms with Crippen molar-refractivity contribution in [2.45, 2.75) is 18.6 Å². The fourth-order valence-electron chi connectivity index (χ4n) is 1.96. The summed E-state index contributed by atoms with van der Waals surface area (Å²) in [7, 11) is 0. The highest BCUT2D eigenvalue weighted by Crippen LogP contribution is 2.12. The van der Waals surface area contributed by atoms with Gasteiger partial charge in [0.2, 0.25) is 10.9 Å². The van der Waals surface area contributed by atoms with E-state index in [-0.39, 0.29) is 5.56 Å². The van der Waals surface area contributed by atoms with Crippen molar-refractivity contribution in [3.8, 4) is 0 Å². The molecule has 20 heavy (non-hydrogen) atoms. The molecule has 0 spiro atoms. The van der Waals surface area contributed by atoms with Crippen LogP contribution < -0.4 is 5.56 Å². The van der Waals surface area contributed by atoms with E-state index in [0.29, 0.717) is 17.5 Å². The number of hydrogen-bond acceptors (Lipinski definition) is 6. The zero-order chi connectivity index (χ0) is 14.1. The van der Waals surface area contributed by atoms with Crippen molar-refractivity contribution in [1.29, 1.82) is 0 Å². The van der Waals surface area contributed by atoms with Crippen LogP contribution in [-0.2, 0) is 6.54 Å². The van der Waals surface area contributed by atoms with Crippen molar-refractivity contribution in [3.05, 3.63) is 46.1 Å². The van der Waals surface area contributed by atoms with Gasteiger partial charge in [0.05, 0.1) is 12.7 Å². The minimum absolute atomic E-state index is 0.172. The van der Waals surface area contributed by atoms with Gasteiger partial charge in [0.15, 0.2) is 0 Å². The number of aromatic nitrogens is 6. The summed E-state index contributed by atoms with van der Waals surface area (Å²) in [6.45, 7) is 2.45. The lowest BCUT2D eigenvalue weighted by atomic mass is 10.3. The second kappa shape index (κ2) is 5.04. The molecule has 0 aliphatic rings. The van der Waals surface area contributed by atoms with Crippen molar-refractivity contribution in [1.82, 2.24) is 29.4 Å². The molecule has 0 aromatic carbocycles. The molecular formula is C12H12N6OS. The summed E-state index contributed by atoms with van der Waals surface area (Å²) < 4.78 is 3.26. The van der Waals surface area contributed by atoms with E-state index >= 15 is 0 Å². The minimum Gasteiger partial charge on any atom is -0.310 e. The number of aryl methyl sites for hydroxylation is 1. The third kappa shape index (κ3) is 2.18. The monoisotopic (exact) mass is 288 g/mol. The molecule has 0 fully saturated rings. The quantitative estimate of drug-likeness (QED) is 0.662. The normalized spacial score (nSPS) is 11.1. The number of fused-ring (bicyclic) bond motifs is 1. The van der Waals surface area contributed by atoms with Gasteiger partial charge in [0, 0.05) is 18.0 Å². The standard InChI is InChI=1S/C12H12N6OS/c1-8-5-10(19)18-12(15-11(16-18)20-2)17(8)7-9-3-4-13-14-6-9/h3-6H,7H2,1-2H3. The molecule has 3 aromatic rings. The molecule has 102 valence electrons. The zero-order valence-corrected chi connectivity index (χ0v) is 11.8. The molecule has 0 atom stereocenters. The van der Waals surface area contributed by atoms with Crippen molar-refractivity contribution in [3.63, 3.8) is 0 Å². The molecule has 8 heteroatoms. The largest absolute Gasteiger partial charge is 0.310 e. The van der Waals surface area contributed by atoms with E-state index in [1.807, 2.05) is 23.8 Å². The smallest absolute Gasteiger partial charge is 0.275 e. The highest BCUT2D eigenvalue weighted by Gasteiger charge is 2.12. The second-order valence-corrected chi connectivity index (χ2v) is 5.04. The van der Waals surface area contributed by atoms with Crippen LogP contribution in [0.25, 0.3) is 5.78 Å². The maximum atomic E-state index is 11.9. The molecule has 3 heterocycles. The molecule has 0 saturated heterocycles. The predicted octanol–water partition coefficient (Wildman–Crippen LogP) is 0.760. The highest BCUT2D eigenvalue weighted by molar-refractivity contribution is 7.98. The molecule has 0 amide bonds. The predicted molar refractivity (Wildman–Crippen MR) is 74.9 cm³/mol. The molecule has 0 bridgehead atoms. The maximum absolute atomic E-state index is 11.9. The average Bonchev–Trinajstić information content (AvgIpc) is 2.89. The molecule has 0 radical (unpaired) electrons. The number of thioether (sulfide) groups is 1. The number of hydrogen-bond donors (Lipinski definition) is 0. The first-order valence-electron chi connectivity index (χ1n) is 5.96. The van der Waals surface area contributed by atoms with Crippen LogP contribution in [0.1, 0.15) is 11.3 Å². The summed E-state index contributed by atoms with van der Waals surface area (Å²) in [5.41, 5.74) is 1.65. The molecule has 7 nitrogen and oxygen atoms in total. The average molecular weight is 288 g/mol. The van der Waals surface area contributed by atoms with E-state index in [1.54, 1.807) is 18.5 Å². The van der Waals surface area contributed by atoms with Gasteiger partial charge in [-0.2, -0.15) is 19.7 Å². The molecule has 0 aliphatic carbocycles. The third-order valence-corrected chi connectivity index (χ3v) is 3.49. The molecule has 0 saturated carbocycles. The van der Waals surface area contributed by atoms with E-state index in [2.05, 4.69) is 20.3 Å². The van der Waals surface area contributed by atoms with Crippen molar-refractivity contribution >= 4 is 17.5 Å². The van der Waals surface area contributed by atoms with E-state index in [0.717, 1.165) is 11.3 Å². The summed E-state index contributed by atoms with van der Waals surface area (Å²) in [4.78, 5) is 16.3. The number of rotatable bonds is 3. The summed E-state index contributed by atoms with van der Waals surface area (Å²) in [6, 6.07) is 3.44. The van der Waals surface area contributed by atoms with Gasteiger partial charge >= 0.3 is 0 Å². The van der Waals surface area contributed by atoms with Gasteiger partial charge in [-0.25, -0.2) is 0 Å². The van der Waals surface area contributed by atoms with Crippen LogP contribution in [0.2, 0.25) is 0 Å². The van der Waals surface area contributed by atoms with Gasteiger partial charge in [0.25, 0.3) is 5.56 Å². The molecule has 3 rings (SSSR count). The molecule has 0 N–H and O–H groups in total. The first kappa shape index (κ1) is 12.8. The summed E-state index contributed by atoms with van der Waals surface area (Å²) >= 11 is 1.41. The molecule has 0 unspecified atom stereocenters. The van der Waals surface area contributed by atoms with Gasteiger partial charge in [-0.1, -0.05) is 11.8 Å². The van der Waals surface area contributed by atoms with E-state index in [4.69, 9.17) is 0 Å². The lowest BCUT2D eigenvalue weighted by Gasteiger charge is -2.10. The van der Waals surface area contributed by atoms with Gasteiger partial charge in [-0.05, 0) is 24.8 Å². The van der Waals surface area contributed by atoms with Crippen molar-refractivity contribution in [2.75, 3.05) is 6.26 Å². The second-order valence-electron chi connectivity index (χ2n) is 4.27. The minimum atomic E-state index is -0.172. The van der Waals surface area contributed by atoms with E-state index in [1.165, 1.54) is 16.3 Å². The Kier molecular flexibility index (Phi) is 3.23. The fourth-order valence-corrected chi connectivity index (χ4v) is 2.30. The Morgan fingerprint density at radius 2 is 2.20 bits per heavy atom. The summed E-state index contributed by atoms with van der Waals surface area (Å²) in [6.07, 6.45) is 5.21. The van der Waals surface area contributed by atoms with Gasteiger partial charge in [0.1, 0.15) is 0 Å². The molecule has 0 aliphatic heterocycles. The van der Waals surface area contributed by atoms with Gasteiger partial charge in [-0.15, -0.1) is 5.10 Å². The Morgan fingerprint density at radius 3 is 2.90 bits per heavy atom. The van der Waals surface area contributed by atoms with E-state index < -0.39 is 0 Å². The van der Waals surface area contributed by atoms with Crippen molar-refractivity contribution < 1.29 is 0 Å². The van der Waals surface area contributed by atoms with Crippen LogP contribution in [0.4, 0.5) is 0 Å². The summed E-state index contributed by atoms with van der Waals surface area (Å²) in [5.74, 6) is 0.538. The zero-order valence-electron chi connectivity index (χ0n) is 11.0. The summed E-state index contributed by atoms with van der Waals surface area (Å²) in [5, 5.41) is 12.4. The Balaban J connectivity index is 2.19. The molecule has 3 aromatic heterocycles. The first-order chi connectivity index (χ1) is 9.69. The van der Waals surface area contributed by atoms with Crippen LogP contribution in [-0.4, -0.2) is 35.6 Å². The maximum Gasteiger partial charge on any atom is 0.275 e. The Labute approximate surface area is 118 Å². The Hall–Kier alpha value is -2.22. The van der Waals surface area contributed by atoms with Crippen LogP contribution in [0.3, 0.4) is 0 Å². The van der Waals surface area contributed by atoms with Crippen LogP contribution >= 0.6 is 11.8 Å². The topological polar surface area (TPSA) is 78.0 Å². The SMILES string of the molecule is CSc1nc2n(Cc3ccnnc3)c(C)cc(=O)n2n1. The lowest BCUT2D eigenvalue weighted by molar-refractivity contribution is 0.724. The Bertz CT molecular complexity index is 810. The fraction of sp³-hybridized carbons (Fsp3) is 0.250. The molecular weight excluding hydrogens is 276 g/mol. The highest BCUT2D eigenvalue weighted by atomic mass is 32.2. The van der Waals surface area contributed by atoms with Gasteiger partial charge < -0.3 is 4.57 Å². The van der Waals surface area contributed by atoms with Gasteiger partial charge in [-0.3, -0.25) is 4.79 Å². The number of nitrogens with zero attached hydrogens (tertiary/aromatic N) is 6. The Morgan fingerprint density at radius 1 is 1.35 bits per heavy atom. The van der Waals surface area contributed by atoms with Crippen LogP contribution in [0, 0.1) is 6.92 Å².